The van der Waals surface area contributed by atoms with Crippen molar-refractivity contribution in [3.05, 3.63) is 23.8 Å². The van der Waals surface area contributed by atoms with E-state index in [2.05, 4.69) is 29.4 Å². The molecule has 24 heavy (non-hydrogen) atoms. The van der Waals surface area contributed by atoms with Gasteiger partial charge in [-0.25, -0.2) is 4.39 Å². The molecule has 4 unspecified atom stereocenters. The van der Waals surface area contributed by atoms with Crippen molar-refractivity contribution in [2.45, 2.75) is 64.6 Å². The molecule has 4 heteroatoms. The van der Waals surface area contributed by atoms with Crippen molar-refractivity contribution in [2.24, 2.45) is 22.6 Å². The maximum atomic E-state index is 13.7. The molecule has 0 aromatic heterocycles. The summed E-state index contributed by atoms with van der Waals surface area (Å²) in [5.41, 5.74) is 8.39. The first kappa shape index (κ1) is 19.3. The molecule has 1 heterocycles. The average Bonchev–Trinajstić information content (AvgIpc) is 2.60. The minimum absolute atomic E-state index is 0.127. The summed E-state index contributed by atoms with van der Waals surface area (Å²) in [4.78, 5) is 4.45. The van der Waals surface area contributed by atoms with E-state index in [1.54, 1.807) is 6.08 Å². The lowest BCUT2D eigenvalue weighted by atomic mass is 9.78. The molecule has 3 nitrogen and oxygen atoms in total. The third-order valence-electron chi connectivity index (χ3n) is 5.27. The normalized spacial score (nSPS) is 31.2. The summed E-state index contributed by atoms with van der Waals surface area (Å²) < 4.78 is 13.7. The van der Waals surface area contributed by atoms with Gasteiger partial charge in [-0.3, -0.25) is 4.99 Å². The second kappa shape index (κ2) is 10.1. The van der Waals surface area contributed by atoms with Gasteiger partial charge in [0.05, 0.1) is 0 Å². The van der Waals surface area contributed by atoms with Gasteiger partial charge in [-0.05, 0) is 63.8 Å². The van der Waals surface area contributed by atoms with Gasteiger partial charge in [0.25, 0.3) is 0 Å². The highest BCUT2D eigenvalue weighted by Crippen LogP contribution is 2.32. The topological polar surface area (TPSA) is 50.4 Å². The fourth-order valence-electron chi connectivity index (χ4n) is 3.89. The molecule has 2 aliphatic rings. The van der Waals surface area contributed by atoms with Gasteiger partial charge in [0.15, 0.2) is 0 Å². The Balaban J connectivity index is 1.85. The van der Waals surface area contributed by atoms with Gasteiger partial charge in [-0.15, -0.1) is 0 Å². The Morgan fingerprint density at radius 2 is 2.21 bits per heavy atom. The number of nitrogens with one attached hydrogen (secondary N) is 1. The third kappa shape index (κ3) is 5.52. The van der Waals surface area contributed by atoms with Crippen LogP contribution >= 0.6 is 0 Å². The smallest absolute Gasteiger partial charge is 0.121 e. The summed E-state index contributed by atoms with van der Waals surface area (Å²) in [7, 11) is 0. The van der Waals surface area contributed by atoms with E-state index in [9.17, 15) is 4.39 Å². The molecule has 1 aliphatic heterocycles. The van der Waals surface area contributed by atoms with Crippen LogP contribution in [-0.4, -0.2) is 37.6 Å². The summed E-state index contributed by atoms with van der Waals surface area (Å²) in [5.74, 6) is 0.558. The van der Waals surface area contributed by atoms with Crippen LogP contribution in [0.5, 0.6) is 0 Å². The minimum atomic E-state index is -0.773. The van der Waals surface area contributed by atoms with E-state index >= 15 is 0 Å². The number of unbranched alkanes of at least 4 members (excludes halogenated alkanes) is 1. The number of nitrogens with two attached hydrogens (primary N) is 1. The highest BCUT2D eigenvalue weighted by atomic mass is 19.1. The average molecular weight is 336 g/mol. The largest absolute Gasteiger partial charge is 0.326 e. The van der Waals surface area contributed by atoms with Crippen LogP contribution in [0.15, 0.2) is 28.8 Å². The predicted molar refractivity (Wildman–Crippen MR) is 101 cm³/mol. The molecule has 0 aromatic rings. The summed E-state index contributed by atoms with van der Waals surface area (Å²) in [6.07, 6.45) is 12.0. The molecule has 1 aliphatic carbocycles. The maximum absolute atomic E-state index is 13.7. The Morgan fingerprint density at radius 1 is 1.38 bits per heavy atom. The standard InChI is InChI=1S/C20H34FN3/c1-3-23-18(14-22)9-5-4-7-16-8-6-12-24-20(16)17-10-11-19(21)15(2)13-17/h8,10-11,15,17,19-20,24H,3-7,9,12-14,22H2,1-2H3. The molecule has 4 atom stereocenters. The predicted octanol–water partition coefficient (Wildman–Crippen LogP) is 3.81. The second-order valence-electron chi connectivity index (χ2n) is 7.16. The Bertz CT molecular complexity index is 470. The van der Waals surface area contributed by atoms with Gasteiger partial charge in [0, 0.05) is 24.8 Å². The SMILES string of the molecule is CCN=C(CN)CCCCC1=CCCNC1C1C=CC(F)C(C)C1. The van der Waals surface area contributed by atoms with Crippen LogP contribution in [-0.2, 0) is 0 Å². The van der Waals surface area contributed by atoms with E-state index in [4.69, 9.17) is 5.73 Å². The summed E-state index contributed by atoms with van der Waals surface area (Å²) in [5, 5.41) is 3.67. The van der Waals surface area contributed by atoms with Crippen LogP contribution in [0.3, 0.4) is 0 Å². The number of aliphatic imine (C=N–C) groups is 1. The van der Waals surface area contributed by atoms with Gasteiger partial charge in [0.1, 0.15) is 6.17 Å². The van der Waals surface area contributed by atoms with Crippen LogP contribution in [0.2, 0.25) is 0 Å². The van der Waals surface area contributed by atoms with Crippen LogP contribution < -0.4 is 11.1 Å². The number of alkyl halides is 1. The van der Waals surface area contributed by atoms with Gasteiger partial charge < -0.3 is 11.1 Å². The number of rotatable bonds is 8. The highest BCUT2D eigenvalue weighted by molar-refractivity contribution is 5.86. The first-order chi connectivity index (χ1) is 11.7. The van der Waals surface area contributed by atoms with Crippen LogP contribution in [0, 0.1) is 11.8 Å². The minimum Gasteiger partial charge on any atom is -0.326 e. The van der Waals surface area contributed by atoms with Crippen molar-refractivity contribution in [3.63, 3.8) is 0 Å². The van der Waals surface area contributed by atoms with Crippen molar-refractivity contribution in [1.82, 2.24) is 5.32 Å². The highest BCUT2D eigenvalue weighted by Gasteiger charge is 2.30. The number of hydrogen-bond acceptors (Lipinski definition) is 3. The number of allylic oxidation sites excluding steroid dienone is 1. The first-order valence-electron chi connectivity index (χ1n) is 9.62. The lowest BCUT2D eigenvalue weighted by Gasteiger charge is -2.35. The molecule has 3 N–H and O–H groups in total. The Kier molecular flexibility index (Phi) is 8.13. The molecular formula is C20H34FN3. The van der Waals surface area contributed by atoms with Crippen molar-refractivity contribution in [3.8, 4) is 0 Å². The first-order valence-corrected chi connectivity index (χ1v) is 9.62. The molecule has 0 saturated carbocycles. The second-order valence-corrected chi connectivity index (χ2v) is 7.16. The summed E-state index contributed by atoms with van der Waals surface area (Å²) in [6.45, 7) is 6.52. The Hall–Kier alpha value is -1.00. The molecule has 0 fully saturated rings. The van der Waals surface area contributed by atoms with E-state index in [-0.39, 0.29) is 5.92 Å². The summed E-state index contributed by atoms with van der Waals surface area (Å²) >= 11 is 0. The molecule has 136 valence electrons. The van der Waals surface area contributed by atoms with Crippen molar-refractivity contribution in [2.75, 3.05) is 19.6 Å². The van der Waals surface area contributed by atoms with Crippen molar-refractivity contribution < 1.29 is 4.39 Å². The molecule has 0 amide bonds. The lowest BCUT2D eigenvalue weighted by Crippen LogP contribution is -2.42. The fourth-order valence-corrected chi connectivity index (χ4v) is 3.89. The van der Waals surface area contributed by atoms with Gasteiger partial charge >= 0.3 is 0 Å². The van der Waals surface area contributed by atoms with E-state index in [0.717, 1.165) is 50.9 Å². The zero-order valence-electron chi connectivity index (χ0n) is 15.3. The Labute approximate surface area is 146 Å². The molecule has 0 aromatic carbocycles. The van der Waals surface area contributed by atoms with E-state index < -0.39 is 6.17 Å². The van der Waals surface area contributed by atoms with Gasteiger partial charge in [0.2, 0.25) is 0 Å². The summed E-state index contributed by atoms with van der Waals surface area (Å²) in [6, 6.07) is 0.392. The molecule has 0 saturated heterocycles. The van der Waals surface area contributed by atoms with Crippen LogP contribution in [0.4, 0.5) is 4.39 Å². The monoisotopic (exact) mass is 335 g/mol. The molecule has 0 spiro atoms. The molecule has 0 radical (unpaired) electrons. The van der Waals surface area contributed by atoms with Crippen LogP contribution in [0.25, 0.3) is 0 Å². The van der Waals surface area contributed by atoms with Crippen LogP contribution in [0.1, 0.15) is 52.4 Å². The number of hydrogen-bond donors (Lipinski definition) is 2. The lowest BCUT2D eigenvalue weighted by molar-refractivity contribution is 0.232. The fraction of sp³-hybridized carbons (Fsp3) is 0.750. The van der Waals surface area contributed by atoms with Gasteiger partial charge in [-0.2, -0.15) is 0 Å². The van der Waals surface area contributed by atoms with Crippen molar-refractivity contribution in [1.29, 1.82) is 0 Å². The zero-order chi connectivity index (χ0) is 17.4. The molecule has 2 rings (SSSR count). The third-order valence-corrected chi connectivity index (χ3v) is 5.27. The van der Waals surface area contributed by atoms with E-state index in [0.29, 0.717) is 18.5 Å². The molecular weight excluding hydrogens is 301 g/mol. The molecule has 0 bridgehead atoms. The maximum Gasteiger partial charge on any atom is 0.121 e. The van der Waals surface area contributed by atoms with Crippen molar-refractivity contribution >= 4 is 5.71 Å². The van der Waals surface area contributed by atoms with Gasteiger partial charge in [-0.1, -0.05) is 30.7 Å². The number of nitrogens with zero attached hydrogens (tertiary/aromatic N) is 1. The van der Waals surface area contributed by atoms with E-state index in [1.807, 2.05) is 6.92 Å². The Morgan fingerprint density at radius 3 is 2.92 bits per heavy atom. The number of halogens is 1. The zero-order valence-corrected chi connectivity index (χ0v) is 15.3. The quantitative estimate of drug-likeness (QED) is 0.403. The van der Waals surface area contributed by atoms with E-state index in [1.165, 1.54) is 12.0 Å².